The summed E-state index contributed by atoms with van der Waals surface area (Å²) in [7, 11) is 0. The lowest BCUT2D eigenvalue weighted by molar-refractivity contribution is -0.124. The van der Waals surface area contributed by atoms with Crippen LogP contribution in [0.5, 0.6) is 0 Å². The number of anilines is 1. The van der Waals surface area contributed by atoms with Gasteiger partial charge in [0, 0.05) is 19.6 Å². The maximum absolute atomic E-state index is 13.2. The summed E-state index contributed by atoms with van der Waals surface area (Å²) < 4.78 is 5.39. The molecule has 3 amide bonds. The van der Waals surface area contributed by atoms with Gasteiger partial charge < -0.3 is 15.0 Å². The molecule has 0 aromatic heterocycles. The highest BCUT2D eigenvalue weighted by Crippen LogP contribution is 2.43. The van der Waals surface area contributed by atoms with Gasteiger partial charge in [0.25, 0.3) is 5.91 Å². The Labute approximate surface area is 182 Å². The summed E-state index contributed by atoms with van der Waals surface area (Å²) in [5.74, 6) is -0.508. The van der Waals surface area contributed by atoms with Crippen molar-refractivity contribution in [2.24, 2.45) is 0 Å². The van der Waals surface area contributed by atoms with Crippen LogP contribution in [-0.4, -0.2) is 41.4 Å². The van der Waals surface area contributed by atoms with Gasteiger partial charge in [-0.1, -0.05) is 36.4 Å². The highest BCUT2D eigenvalue weighted by Gasteiger charge is 2.53. The van der Waals surface area contributed by atoms with Gasteiger partial charge in [-0.25, -0.2) is 0 Å². The normalized spacial score (nSPS) is 19.9. The van der Waals surface area contributed by atoms with E-state index in [0.717, 1.165) is 11.1 Å². The van der Waals surface area contributed by atoms with Gasteiger partial charge in [-0.05, 0) is 43.5 Å². The quantitative estimate of drug-likeness (QED) is 0.746. The fourth-order valence-electron chi connectivity index (χ4n) is 4.31. The van der Waals surface area contributed by atoms with Gasteiger partial charge >= 0.3 is 0 Å². The van der Waals surface area contributed by atoms with E-state index < -0.39 is 5.66 Å². The van der Waals surface area contributed by atoms with Crippen LogP contribution in [0.25, 0.3) is 0 Å². The van der Waals surface area contributed by atoms with Gasteiger partial charge in [-0.15, -0.1) is 0 Å². The Morgan fingerprint density at radius 2 is 1.81 bits per heavy atom. The van der Waals surface area contributed by atoms with Crippen molar-refractivity contribution in [1.82, 2.24) is 10.2 Å². The molecule has 1 fully saturated rings. The van der Waals surface area contributed by atoms with E-state index in [1.807, 2.05) is 44.2 Å². The van der Waals surface area contributed by atoms with E-state index in [9.17, 15) is 14.4 Å². The third kappa shape index (κ3) is 3.93. The average Bonchev–Trinajstić information content (AvgIpc) is 3.09. The molecule has 1 atom stereocenters. The van der Waals surface area contributed by atoms with Crippen molar-refractivity contribution in [2.45, 2.75) is 45.5 Å². The summed E-state index contributed by atoms with van der Waals surface area (Å²) >= 11 is 0. The third-order valence-corrected chi connectivity index (χ3v) is 6.03. The molecule has 0 bridgehead atoms. The lowest BCUT2D eigenvalue weighted by Gasteiger charge is -2.48. The van der Waals surface area contributed by atoms with E-state index in [1.54, 1.807) is 23.1 Å². The number of ether oxygens (including phenoxy) is 1. The number of carbonyl (C=O) groups is 3. The van der Waals surface area contributed by atoms with Crippen LogP contribution in [0.4, 0.5) is 5.69 Å². The smallest absolute Gasteiger partial charge is 0.258 e. The zero-order valence-corrected chi connectivity index (χ0v) is 17.9. The summed E-state index contributed by atoms with van der Waals surface area (Å²) in [6, 6.07) is 15.0. The van der Waals surface area contributed by atoms with E-state index in [1.165, 1.54) is 4.90 Å². The molecule has 4 rings (SSSR count). The number of nitrogens with one attached hydrogen (secondary N) is 1. The van der Waals surface area contributed by atoms with E-state index >= 15 is 0 Å². The number of benzene rings is 2. The number of para-hydroxylation sites is 1. The van der Waals surface area contributed by atoms with Crippen LogP contribution in [0, 0.1) is 0 Å². The van der Waals surface area contributed by atoms with E-state index in [2.05, 4.69) is 5.32 Å². The highest BCUT2D eigenvalue weighted by molar-refractivity contribution is 6.11. The first-order valence-corrected chi connectivity index (χ1v) is 10.6. The first-order valence-electron chi connectivity index (χ1n) is 10.6. The predicted molar refractivity (Wildman–Crippen MR) is 116 cm³/mol. The maximum Gasteiger partial charge on any atom is 0.258 e. The molecule has 1 saturated heterocycles. The van der Waals surface area contributed by atoms with Crippen LogP contribution in [0.15, 0.2) is 48.5 Å². The topological polar surface area (TPSA) is 79.0 Å². The molecule has 31 heavy (non-hydrogen) atoms. The number of hydrogen-bond donors (Lipinski definition) is 1. The van der Waals surface area contributed by atoms with Crippen molar-refractivity contribution in [3.8, 4) is 0 Å². The predicted octanol–water partition coefficient (Wildman–Crippen LogP) is 2.84. The molecule has 2 aromatic rings. The van der Waals surface area contributed by atoms with Crippen molar-refractivity contribution in [3.63, 3.8) is 0 Å². The number of fused-ring (bicyclic) bond motifs is 3. The van der Waals surface area contributed by atoms with Gasteiger partial charge in [-0.3, -0.25) is 19.3 Å². The third-order valence-electron chi connectivity index (χ3n) is 6.03. The lowest BCUT2D eigenvalue weighted by atomic mass is 9.98. The molecule has 0 radical (unpaired) electrons. The van der Waals surface area contributed by atoms with Gasteiger partial charge in [-0.2, -0.15) is 0 Å². The summed E-state index contributed by atoms with van der Waals surface area (Å²) in [5.41, 5.74) is 2.29. The van der Waals surface area contributed by atoms with Crippen LogP contribution in [0.3, 0.4) is 0 Å². The highest BCUT2D eigenvalue weighted by atomic mass is 16.5. The first kappa shape index (κ1) is 21.1. The minimum atomic E-state index is -0.833. The fraction of sp³-hybridized carbons (Fsp3) is 0.375. The average molecular weight is 421 g/mol. The van der Waals surface area contributed by atoms with Crippen molar-refractivity contribution in [3.05, 3.63) is 65.2 Å². The molecule has 2 aromatic carbocycles. The minimum absolute atomic E-state index is 0.0278. The number of rotatable bonds is 7. The van der Waals surface area contributed by atoms with Crippen molar-refractivity contribution < 1.29 is 19.1 Å². The van der Waals surface area contributed by atoms with E-state index in [0.29, 0.717) is 43.9 Å². The Morgan fingerprint density at radius 1 is 1.10 bits per heavy atom. The standard InChI is InChI=1S/C24H27N3O4/c1-3-31-16-18-10-8-17(9-11-18)14-25-21(28)15-26-23(30)19-6-4-5-7-20(19)27-22(29)12-13-24(26,27)2/h4-11H,3,12-16H2,1-2H3,(H,25,28). The number of nitrogens with zero attached hydrogens (tertiary/aromatic N) is 2. The molecule has 0 spiro atoms. The summed E-state index contributed by atoms with van der Waals surface area (Å²) in [6.07, 6.45) is 0.852. The van der Waals surface area contributed by atoms with Crippen LogP contribution in [-0.2, 0) is 27.5 Å². The Kier molecular flexibility index (Phi) is 5.78. The largest absolute Gasteiger partial charge is 0.377 e. The van der Waals surface area contributed by atoms with Gasteiger partial charge in [0.05, 0.1) is 17.9 Å². The molecule has 2 heterocycles. The molecule has 0 aliphatic carbocycles. The van der Waals surface area contributed by atoms with Crippen molar-refractivity contribution in [2.75, 3.05) is 18.1 Å². The molecule has 2 aliphatic rings. The second-order valence-electron chi connectivity index (χ2n) is 8.08. The molecule has 1 unspecified atom stereocenters. The van der Waals surface area contributed by atoms with Gasteiger partial charge in [0.1, 0.15) is 12.2 Å². The fourth-order valence-corrected chi connectivity index (χ4v) is 4.31. The Bertz CT molecular complexity index is 1000. The van der Waals surface area contributed by atoms with Crippen molar-refractivity contribution in [1.29, 1.82) is 0 Å². The molecule has 1 N–H and O–H groups in total. The molecule has 2 aliphatic heterocycles. The van der Waals surface area contributed by atoms with E-state index in [-0.39, 0.29) is 24.3 Å². The van der Waals surface area contributed by atoms with Gasteiger partial charge in [0.2, 0.25) is 11.8 Å². The monoisotopic (exact) mass is 421 g/mol. The van der Waals surface area contributed by atoms with E-state index in [4.69, 9.17) is 4.74 Å². The Morgan fingerprint density at radius 3 is 2.55 bits per heavy atom. The van der Waals surface area contributed by atoms with Gasteiger partial charge in [0.15, 0.2) is 0 Å². The molecular weight excluding hydrogens is 394 g/mol. The zero-order valence-electron chi connectivity index (χ0n) is 17.9. The van der Waals surface area contributed by atoms with Crippen LogP contribution >= 0.6 is 0 Å². The number of amides is 3. The molecule has 162 valence electrons. The molecule has 7 heteroatoms. The summed E-state index contributed by atoms with van der Waals surface area (Å²) in [4.78, 5) is 41.7. The second kappa shape index (κ2) is 8.51. The lowest BCUT2D eigenvalue weighted by Crippen LogP contribution is -2.63. The molecular formula is C24H27N3O4. The Hall–Kier alpha value is -3.19. The SMILES string of the molecule is CCOCc1ccc(CNC(=O)CN2C(=O)c3ccccc3N3C(=O)CCC23C)cc1. The van der Waals surface area contributed by atoms with Crippen LogP contribution in [0.1, 0.15) is 48.2 Å². The zero-order chi connectivity index (χ0) is 22.0. The number of carbonyl (C=O) groups excluding carboxylic acids is 3. The second-order valence-corrected chi connectivity index (χ2v) is 8.08. The minimum Gasteiger partial charge on any atom is -0.377 e. The van der Waals surface area contributed by atoms with Crippen LogP contribution in [0.2, 0.25) is 0 Å². The van der Waals surface area contributed by atoms with Crippen molar-refractivity contribution >= 4 is 23.4 Å². The first-order chi connectivity index (χ1) is 14.9. The number of hydrogen-bond acceptors (Lipinski definition) is 4. The summed E-state index contributed by atoms with van der Waals surface area (Å²) in [5, 5.41) is 2.89. The van der Waals surface area contributed by atoms with Crippen LogP contribution < -0.4 is 10.2 Å². The Balaban J connectivity index is 1.45. The summed E-state index contributed by atoms with van der Waals surface area (Å²) in [6.45, 7) is 5.31. The molecule has 7 nitrogen and oxygen atoms in total. The maximum atomic E-state index is 13.2. The molecule has 0 saturated carbocycles.